The number of aliphatic carboxylic acids is 1. The van der Waals surface area contributed by atoms with Crippen LogP contribution in [0, 0.1) is 0 Å². The number of phenolic OH excluding ortho intramolecular Hbond substituents is 1. The molecule has 0 aromatic heterocycles. The normalized spacial score (nSPS) is 11.1. The Morgan fingerprint density at radius 2 is 1.67 bits per heavy atom. The third-order valence-electron chi connectivity index (χ3n) is 2.99. The number of nitrogens with zero attached hydrogens (tertiary/aromatic N) is 1. The second kappa shape index (κ2) is 12.5. The van der Waals surface area contributed by atoms with Crippen LogP contribution in [0.3, 0.4) is 0 Å². The van der Waals surface area contributed by atoms with Gasteiger partial charge in [-0.05, 0) is 33.6 Å². The first kappa shape index (κ1) is 23.1. The van der Waals surface area contributed by atoms with E-state index in [0.717, 1.165) is 0 Å². The largest absolute Gasteiger partial charge is 0.507 e. The lowest BCUT2D eigenvalue weighted by Gasteiger charge is -2.08. The number of oxime groups is 1. The molecule has 0 radical (unpaired) electrons. The topological polar surface area (TPSA) is 148 Å². The lowest BCUT2D eigenvalue weighted by molar-refractivity contribution is -0.150. The lowest BCUT2D eigenvalue weighted by Crippen LogP contribution is -2.33. The lowest BCUT2D eigenvalue weighted by atomic mass is 10.1. The second-order valence-electron chi connectivity index (χ2n) is 4.97. The van der Waals surface area contributed by atoms with Gasteiger partial charge < -0.3 is 26.1 Å². The van der Waals surface area contributed by atoms with E-state index < -0.39 is 17.8 Å². The van der Waals surface area contributed by atoms with Gasteiger partial charge in [0.1, 0.15) is 11.5 Å². The minimum atomic E-state index is -1.52. The summed E-state index contributed by atoms with van der Waals surface area (Å²) in [6.07, 6.45) is 0.104. The monoisotopic (exact) mass is 479 g/mol. The zero-order chi connectivity index (χ0) is 20.2. The Labute approximate surface area is 171 Å². The van der Waals surface area contributed by atoms with Gasteiger partial charge in [-0.1, -0.05) is 32.8 Å². The summed E-state index contributed by atoms with van der Waals surface area (Å²) in [6.45, 7) is 0.578. The van der Waals surface area contributed by atoms with Crippen LogP contribution < -0.4 is 10.6 Å². The molecule has 9 nitrogen and oxygen atoms in total. The maximum Gasteiger partial charge on any atom is 0.394 e. The number of amides is 2. The van der Waals surface area contributed by atoms with Crippen molar-refractivity contribution in [2.45, 2.75) is 6.42 Å². The zero-order valence-corrected chi connectivity index (χ0v) is 17.2. The molecule has 2 amide bonds. The van der Waals surface area contributed by atoms with Crippen molar-refractivity contribution in [2.24, 2.45) is 5.16 Å². The highest BCUT2D eigenvalue weighted by molar-refractivity contribution is 9.10. The Hall–Kier alpha value is -1.92. The van der Waals surface area contributed by atoms with E-state index in [2.05, 4.69) is 31.7 Å². The first-order valence-electron chi connectivity index (χ1n) is 7.57. The average Bonchev–Trinajstić information content (AvgIpc) is 2.64. The van der Waals surface area contributed by atoms with Crippen LogP contribution >= 0.6 is 37.5 Å². The minimum absolute atomic E-state index is 0.0541. The van der Waals surface area contributed by atoms with Crippen LogP contribution in [0.2, 0.25) is 0 Å². The maximum absolute atomic E-state index is 12.0. The van der Waals surface area contributed by atoms with Crippen molar-refractivity contribution in [1.82, 2.24) is 10.6 Å². The number of carbonyl (C=O) groups excluding carboxylic acids is 2. The van der Waals surface area contributed by atoms with E-state index in [1.54, 1.807) is 12.1 Å². The van der Waals surface area contributed by atoms with Gasteiger partial charge in [-0.25, -0.2) is 4.79 Å². The summed E-state index contributed by atoms with van der Waals surface area (Å²) >= 11 is 3.18. The molecule has 0 heterocycles. The fraction of sp³-hybridized carbons (Fsp3) is 0.333. The van der Waals surface area contributed by atoms with Gasteiger partial charge in [0.2, 0.25) is 0 Å². The predicted octanol–water partition coefficient (Wildman–Crippen LogP) is 1.23. The smallest absolute Gasteiger partial charge is 0.394 e. The summed E-state index contributed by atoms with van der Waals surface area (Å²) < 4.78 is 0.477. The maximum atomic E-state index is 12.0. The molecule has 0 saturated heterocycles. The molecular formula is C15H18BrN3O6S2. The third-order valence-corrected chi connectivity index (χ3v) is 6.03. The van der Waals surface area contributed by atoms with E-state index in [9.17, 15) is 19.5 Å². The molecule has 0 atom stereocenters. The van der Waals surface area contributed by atoms with E-state index in [4.69, 9.17) is 10.3 Å². The summed E-state index contributed by atoms with van der Waals surface area (Å²) in [5, 5.41) is 34.8. The molecule has 148 valence electrons. The highest BCUT2D eigenvalue weighted by Crippen LogP contribution is 2.24. The summed E-state index contributed by atoms with van der Waals surface area (Å²) in [5.74, 6) is -1.88. The number of hydrogen-bond donors (Lipinski definition) is 5. The summed E-state index contributed by atoms with van der Waals surface area (Å²) in [5.41, 5.74) is 0.637. The van der Waals surface area contributed by atoms with Crippen molar-refractivity contribution in [3.8, 4) is 5.75 Å². The Morgan fingerprint density at radius 1 is 1.07 bits per heavy atom. The van der Waals surface area contributed by atoms with Crippen molar-refractivity contribution in [2.75, 3.05) is 24.6 Å². The van der Waals surface area contributed by atoms with Crippen LogP contribution in [0.25, 0.3) is 0 Å². The van der Waals surface area contributed by atoms with Gasteiger partial charge in [-0.2, -0.15) is 0 Å². The van der Waals surface area contributed by atoms with E-state index in [1.807, 2.05) is 0 Å². The Balaban J connectivity index is 2.23. The Kier molecular flexibility index (Phi) is 10.7. The summed E-state index contributed by atoms with van der Waals surface area (Å²) in [7, 11) is 2.88. The molecular weight excluding hydrogens is 462 g/mol. The van der Waals surface area contributed by atoms with Crippen LogP contribution in [-0.2, 0) is 20.8 Å². The molecule has 0 bridgehead atoms. The van der Waals surface area contributed by atoms with Crippen molar-refractivity contribution >= 4 is 61.0 Å². The van der Waals surface area contributed by atoms with Gasteiger partial charge in [0.05, 0.1) is 4.47 Å². The number of benzene rings is 1. The number of halogens is 1. The highest BCUT2D eigenvalue weighted by Gasteiger charge is 2.13. The molecule has 1 rings (SSSR count). The molecule has 0 aliphatic heterocycles. The number of aromatic hydroxyl groups is 1. The number of phenols is 1. The van der Waals surface area contributed by atoms with Crippen LogP contribution in [0.4, 0.5) is 0 Å². The Bertz CT molecular complexity index is 717. The number of carboxylic acid groups (broad SMARTS) is 1. The fourth-order valence-corrected chi connectivity index (χ4v) is 3.96. The van der Waals surface area contributed by atoms with Crippen LogP contribution in [0.1, 0.15) is 5.56 Å². The summed E-state index contributed by atoms with van der Waals surface area (Å²) in [4.78, 5) is 33.1. The predicted molar refractivity (Wildman–Crippen MR) is 107 cm³/mol. The van der Waals surface area contributed by atoms with E-state index >= 15 is 0 Å². The standard InChI is InChI=1S/C15H18BrN3O6S2/c16-10-7-9(1-2-12(10)20)8-11(19-25)13(21)17-3-5-26-27-6-4-18-14(22)15(23)24/h1-2,7,20,25H,3-6,8H2,(H,17,21)(H,18,22)(H,23,24)/b19-11-. The molecule has 1 aromatic rings. The van der Waals surface area contributed by atoms with E-state index in [-0.39, 0.29) is 24.4 Å². The number of carbonyl (C=O) groups is 3. The fourth-order valence-electron chi connectivity index (χ4n) is 1.72. The van der Waals surface area contributed by atoms with Crippen molar-refractivity contribution < 1.29 is 29.8 Å². The van der Waals surface area contributed by atoms with Gasteiger partial charge in [0, 0.05) is 31.0 Å². The molecule has 0 aliphatic rings. The van der Waals surface area contributed by atoms with Crippen LogP contribution in [0.15, 0.2) is 27.8 Å². The highest BCUT2D eigenvalue weighted by atomic mass is 79.9. The van der Waals surface area contributed by atoms with Gasteiger partial charge in [0.15, 0.2) is 0 Å². The molecule has 0 unspecified atom stereocenters. The number of nitrogens with one attached hydrogen (secondary N) is 2. The molecule has 12 heteroatoms. The molecule has 0 fully saturated rings. The van der Waals surface area contributed by atoms with Gasteiger partial charge in [0.25, 0.3) is 5.91 Å². The number of rotatable bonds is 10. The minimum Gasteiger partial charge on any atom is -0.507 e. The third kappa shape index (κ3) is 9.02. The first-order valence-corrected chi connectivity index (χ1v) is 10.8. The van der Waals surface area contributed by atoms with Crippen molar-refractivity contribution in [1.29, 1.82) is 0 Å². The van der Waals surface area contributed by atoms with Gasteiger partial charge in [-0.15, -0.1) is 0 Å². The molecule has 5 N–H and O–H groups in total. The van der Waals surface area contributed by atoms with Crippen molar-refractivity contribution in [3.05, 3.63) is 28.2 Å². The number of carboxylic acids is 1. The molecule has 27 heavy (non-hydrogen) atoms. The molecule has 0 spiro atoms. The second-order valence-corrected chi connectivity index (χ2v) is 8.53. The quantitative estimate of drug-likeness (QED) is 0.0839. The van der Waals surface area contributed by atoms with E-state index in [1.165, 1.54) is 27.7 Å². The number of hydrogen-bond acceptors (Lipinski definition) is 8. The average molecular weight is 480 g/mol. The van der Waals surface area contributed by atoms with Crippen molar-refractivity contribution in [3.63, 3.8) is 0 Å². The van der Waals surface area contributed by atoms with Crippen LogP contribution in [0.5, 0.6) is 5.75 Å². The first-order chi connectivity index (χ1) is 12.8. The molecule has 0 saturated carbocycles. The SMILES string of the molecule is O=C(O)C(=O)NCCSSCCNC(=O)/C(Cc1ccc(O)c(Br)c1)=N\O. The Morgan fingerprint density at radius 3 is 2.19 bits per heavy atom. The van der Waals surface area contributed by atoms with Gasteiger partial charge in [-0.3, -0.25) is 9.59 Å². The summed E-state index contributed by atoms with van der Waals surface area (Å²) in [6, 6.07) is 4.72. The zero-order valence-electron chi connectivity index (χ0n) is 14.0. The van der Waals surface area contributed by atoms with E-state index in [0.29, 0.717) is 28.1 Å². The van der Waals surface area contributed by atoms with Crippen LogP contribution in [-0.4, -0.2) is 63.5 Å². The molecule has 0 aliphatic carbocycles. The molecule has 1 aromatic carbocycles. The van der Waals surface area contributed by atoms with Gasteiger partial charge >= 0.3 is 11.9 Å².